The van der Waals surface area contributed by atoms with Gasteiger partial charge in [-0.3, -0.25) is 0 Å². The van der Waals surface area contributed by atoms with Crippen LogP contribution in [0.25, 0.3) is 0 Å². The third kappa shape index (κ3) is 1.92. The van der Waals surface area contributed by atoms with Crippen LogP contribution in [0.4, 0.5) is 4.79 Å². The summed E-state index contributed by atoms with van der Waals surface area (Å²) in [7, 11) is 0. The Bertz CT molecular complexity index is 275. The highest BCUT2D eigenvalue weighted by Gasteiger charge is 2.42. The van der Waals surface area contributed by atoms with Crippen LogP contribution in [-0.2, 0) is 0 Å². The van der Waals surface area contributed by atoms with E-state index in [0.717, 1.165) is 24.9 Å². The van der Waals surface area contributed by atoms with E-state index in [1.165, 1.54) is 12.8 Å². The summed E-state index contributed by atoms with van der Waals surface area (Å²) in [4.78, 5) is 16.2. The van der Waals surface area contributed by atoms with E-state index in [9.17, 15) is 4.79 Å². The van der Waals surface area contributed by atoms with Crippen LogP contribution in [0.15, 0.2) is 0 Å². The normalized spacial score (nSPS) is 30.5. The van der Waals surface area contributed by atoms with Crippen molar-refractivity contribution in [2.45, 2.75) is 52.6 Å². The molecule has 2 aliphatic rings. The van der Waals surface area contributed by atoms with Gasteiger partial charge in [-0.25, -0.2) is 4.79 Å². The van der Waals surface area contributed by atoms with Crippen molar-refractivity contribution in [3.63, 3.8) is 0 Å². The summed E-state index contributed by atoms with van der Waals surface area (Å²) >= 11 is 0. The first-order valence-corrected chi connectivity index (χ1v) is 6.58. The van der Waals surface area contributed by atoms with Crippen LogP contribution in [0.3, 0.4) is 0 Å². The molecule has 0 aromatic carbocycles. The number of carbonyl (C=O) groups excluding carboxylic acids is 1. The highest BCUT2D eigenvalue weighted by Crippen LogP contribution is 2.33. The SMILES string of the molecule is CC(C)C1CCN2C(=O)N(C(C)C)CC2C1. The third-order valence-electron chi connectivity index (χ3n) is 4.22. The molecule has 0 radical (unpaired) electrons. The minimum Gasteiger partial charge on any atom is -0.320 e. The van der Waals surface area contributed by atoms with Gasteiger partial charge in [0.2, 0.25) is 0 Å². The van der Waals surface area contributed by atoms with Gasteiger partial charge in [-0.1, -0.05) is 13.8 Å². The molecule has 3 heteroatoms. The Kier molecular flexibility index (Phi) is 3.13. The van der Waals surface area contributed by atoms with Gasteiger partial charge in [0.15, 0.2) is 0 Å². The molecular weight excluding hydrogens is 200 g/mol. The fourth-order valence-corrected chi connectivity index (χ4v) is 3.01. The molecule has 2 aliphatic heterocycles. The molecule has 92 valence electrons. The van der Waals surface area contributed by atoms with Gasteiger partial charge in [0.05, 0.1) is 6.04 Å². The lowest BCUT2D eigenvalue weighted by atomic mass is 9.83. The highest BCUT2D eigenvalue weighted by molar-refractivity contribution is 5.77. The van der Waals surface area contributed by atoms with E-state index in [1.54, 1.807) is 0 Å². The number of piperidine rings is 1. The quantitative estimate of drug-likeness (QED) is 0.707. The predicted octanol–water partition coefficient (Wildman–Crippen LogP) is 2.57. The molecule has 0 aromatic rings. The topological polar surface area (TPSA) is 23.6 Å². The van der Waals surface area contributed by atoms with Gasteiger partial charge in [0.1, 0.15) is 0 Å². The fraction of sp³-hybridized carbons (Fsp3) is 0.923. The fourth-order valence-electron chi connectivity index (χ4n) is 3.01. The Morgan fingerprint density at radius 2 is 1.94 bits per heavy atom. The average Bonchev–Trinajstić information content (AvgIpc) is 2.55. The minimum absolute atomic E-state index is 0.266. The van der Waals surface area contributed by atoms with Crippen LogP contribution in [0, 0.1) is 11.8 Å². The van der Waals surface area contributed by atoms with Crippen LogP contribution in [0.1, 0.15) is 40.5 Å². The summed E-state index contributed by atoms with van der Waals surface area (Å²) in [6.07, 6.45) is 2.39. The van der Waals surface area contributed by atoms with E-state index in [2.05, 4.69) is 32.6 Å². The molecule has 2 atom stereocenters. The van der Waals surface area contributed by atoms with Crippen molar-refractivity contribution in [1.82, 2.24) is 9.80 Å². The Hall–Kier alpha value is -0.730. The summed E-state index contributed by atoms with van der Waals surface area (Å²) < 4.78 is 0. The van der Waals surface area contributed by atoms with Crippen molar-refractivity contribution < 1.29 is 4.79 Å². The largest absolute Gasteiger partial charge is 0.320 e. The maximum absolute atomic E-state index is 12.1. The summed E-state index contributed by atoms with van der Waals surface area (Å²) in [6.45, 7) is 10.7. The second kappa shape index (κ2) is 4.27. The molecule has 2 amide bonds. The maximum atomic E-state index is 12.1. The van der Waals surface area contributed by atoms with Gasteiger partial charge in [-0.05, 0) is 38.5 Å². The van der Waals surface area contributed by atoms with Crippen molar-refractivity contribution in [3.05, 3.63) is 0 Å². The zero-order chi connectivity index (χ0) is 11.9. The van der Waals surface area contributed by atoms with Gasteiger partial charge in [0, 0.05) is 19.1 Å². The first-order valence-electron chi connectivity index (χ1n) is 6.58. The summed E-state index contributed by atoms with van der Waals surface area (Å²) in [5.74, 6) is 1.56. The van der Waals surface area contributed by atoms with Crippen molar-refractivity contribution in [3.8, 4) is 0 Å². The standard InChI is InChI=1S/C13H24N2O/c1-9(2)11-5-6-14-12(7-11)8-15(10(3)4)13(14)16/h9-12H,5-8H2,1-4H3. The first-order chi connectivity index (χ1) is 7.50. The van der Waals surface area contributed by atoms with Crippen LogP contribution in [0.2, 0.25) is 0 Å². The molecule has 2 heterocycles. The molecule has 2 saturated heterocycles. The van der Waals surface area contributed by atoms with Crippen molar-refractivity contribution in [2.75, 3.05) is 13.1 Å². The number of hydrogen-bond acceptors (Lipinski definition) is 1. The molecule has 0 N–H and O–H groups in total. The van der Waals surface area contributed by atoms with Crippen molar-refractivity contribution >= 4 is 6.03 Å². The summed E-state index contributed by atoms with van der Waals surface area (Å²) in [5.41, 5.74) is 0. The van der Waals surface area contributed by atoms with E-state index in [-0.39, 0.29) is 6.03 Å². The Labute approximate surface area is 98.8 Å². The van der Waals surface area contributed by atoms with Gasteiger partial charge in [-0.2, -0.15) is 0 Å². The number of hydrogen-bond donors (Lipinski definition) is 0. The second-order valence-electron chi connectivity index (χ2n) is 5.90. The molecule has 2 unspecified atom stereocenters. The number of fused-ring (bicyclic) bond motifs is 1. The highest BCUT2D eigenvalue weighted by atomic mass is 16.2. The lowest BCUT2D eigenvalue weighted by Crippen LogP contribution is -2.42. The molecule has 2 fully saturated rings. The van der Waals surface area contributed by atoms with E-state index >= 15 is 0 Å². The van der Waals surface area contributed by atoms with Gasteiger partial charge in [-0.15, -0.1) is 0 Å². The van der Waals surface area contributed by atoms with Gasteiger partial charge in [0.25, 0.3) is 0 Å². The van der Waals surface area contributed by atoms with Crippen molar-refractivity contribution in [1.29, 1.82) is 0 Å². The Morgan fingerprint density at radius 3 is 2.50 bits per heavy atom. The number of carbonyl (C=O) groups is 1. The number of rotatable bonds is 2. The van der Waals surface area contributed by atoms with Gasteiger partial charge >= 0.3 is 6.03 Å². The summed E-state index contributed by atoms with van der Waals surface area (Å²) in [6, 6.07) is 1.09. The number of nitrogens with zero attached hydrogens (tertiary/aromatic N) is 2. The second-order valence-corrected chi connectivity index (χ2v) is 5.90. The van der Waals surface area contributed by atoms with E-state index in [0.29, 0.717) is 12.1 Å². The van der Waals surface area contributed by atoms with Crippen LogP contribution in [-0.4, -0.2) is 41.0 Å². The lowest BCUT2D eigenvalue weighted by Gasteiger charge is -2.35. The molecular formula is C13H24N2O. The molecule has 0 saturated carbocycles. The van der Waals surface area contributed by atoms with Crippen LogP contribution in [0.5, 0.6) is 0 Å². The predicted molar refractivity (Wildman–Crippen MR) is 65.3 cm³/mol. The average molecular weight is 224 g/mol. The molecule has 0 spiro atoms. The Morgan fingerprint density at radius 1 is 1.25 bits per heavy atom. The first kappa shape index (κ1) is 11.7. The van der Waals surface area contributed by atoms with E-state index in [1.807, 2.05) is 4.90 Å². The summed E-state index contributed by atoms with van der Waals surface area (Å²) in [5, 5.41) is 0. The van der Waals surface area contributed by atoms with Crippen molar-refractivity contribution in [2.24, 2.45) is 11.8 Å². The minimum atomic E-state index is 0.266. The molecule has 2 rings (SSSR count). The van der Waals surface area contributed by atoms with Gasteiger partial charge < -0.3 is 9.80 Å². The zero-order valence-corrected chi connectivity index (χ0v) is 10.9. The van der Waals surface area contributed by atoms with E-state index in [4.69, 9.17) is 0 Å². The zero-order valence-electron chi connectivity index (χ0n) is 10.9. The molecule has 16 heavy (non-hydrogen) atoms. The number of amides is 2. The molecule has 3 nitrogen and oxygen atoms in total. The number of urea groups is 1. The molecule has 0 aromatic heterocycles. The molecule has 0 aliphatic carbocycles. The third-order valence-corrected chi connectivity index (χ3v) is 4.22. The van der Waals surface area contributed by atoms with Crippen LogP contribution >= 0.6 is 0 Å². The monoisotopic (exact) mass is 224 g/mol. The maximum Gasteiger partial charge on any atom is 0.320 e. The Balaban J connectivity index is 2.04. The lowest BCUT2D eigenvalue weighted by molar-refractivity contribution is 0.140. The smallest absolute Gasteiger partial charge is 0.320 e. The molecule has 0 bridgehead atoms. The van der Waals surface area contributed by atoms with Crippen LogP contribution < -0.4 is 0 Å². The van der Waals surface area contributed by atoms with E-state index < -0.39 is 0 Å².